The van der Waals surface area contributed by atoms with Crippen LogP contribution < -0.4 is 9.92 Å². The molecule has 0 N–H and O–H groups in total. The number of methoxy groups -OCH3 is 1. The molecular weight excluding hydrogens is 410 g/mol. The Bertz CT molecular complexity index is 933. The number of aryl methyl sites for hydroxylation is 3. The lowest BCUT2D eigenvalue weighted by atomic mass is 9.96. The molecular formula is C28H43NO2Si. The monoisotopic (exact) mass is 453 g/mol. The highest BCUT2D eigenvalue weighted by atomic mass is 28.4. The highest BCUT2D eigenvalue weighted by Crippen LogP contribution is 2.42. The van der Waals surface area contributed by atoms with E-state index in [4.69, 9.17) is 14.1 Å². The molecule has 1 aromatic heterocycles. The summed E-state index contributed by atoms with van der Waals surface area (Å²) in [4.78, 5) is 5.42. The van der Waals surface area contributed by atoms with Crippen molar-refractivity contribution < 1.29 is 9.16 Å². The molecule has 0 saturated carbocycles. The summed E-state index contributed by atoms with van der Waals surface area (Å²) in [6.45, 7) is 19.0. The minimum atomic E-state index is -2.10. The van der Waals surface area contributed by atoms with Crippen LogP contribution in [-0.4, -0.2) is 20.4 Å². The Morgan fingerprint density at radius 3 is 2.16 bits per heavy atom. The van der Waals surface area contributed by atoms with Crippen molar-refractivity contribution in [3.63, 3.8) is 0 Å². The van der Waals surface area contributed by atoms with Gasteiger partial charge in [0.25, 0.3) is 0 Å². The van der Waals surface area contributed by atoms with Gasteiger partial charge in [0.15, 0.2) is 0 Å². The van der Waals surface area contributed by atoms with Crippen LogP contribution in [0.5, 0.6) is 5.75 Å². The van der Waals surface area contributed by atoms with Gasteiger partial charge in [-0.2, -0.15) is 0 Å². The zero-order valence-corrected chi connectivity index (χ0v) is 22.8. The van der Waals surface area contributed by atoms with Crippen LogP contribution in [0.2, 0.25) is 11.1 Å². The SMILES string of the molecule is CCCCCCc1nc(-c2cc(C)c(OC)c(C)c2)c(C)c2c1[Si](C(C)C)(C(C)C)OC2. The van der Waals surface area contributed by atoms with Crippen molar-refractivity contribution in [3.05, 3.63) is 40.1 Å². The highest BCUT2D eigenvalue weighted by Gasteiger charge is 2.51. The van der Waals surface area contributed by atoms with Crippen LogP contribution in [0.1, 0.15) is 88.2 Å². The highest BCUT2D eigenvalue weighted by molar-refractivity contribution is 6.90. The number of nitrogens with zero attached hydrogens (tertiary/aromatic N) is 1. The van der Waals surface area contributed by atoms with Crippen molar-refractivity contribution in [2.75, 3.05) is 7.11 Å². The normalized spacial score (nSPS) is 15.0. The molecule has 4 heteroatoms. The second kappa shape index (κ2) is 10.1. The van der Waals surface area contributed by atoms with E-state index in [1.807, 2.05) is 0 Å². The Hall–Kier alpha value is -1.65. The summed E-state index contributed by atoms with van der Waals surface area (Å²) >= 11 is 0. The predicted molar refractivity (Wildman–Crippen MR) is 139 cm³/mol. The van der Waals surface area contributed by atoms with Gasteiger partial charge in [0.1, 0.15) is 5.75 Å². The van der Waals surface area contributed by atoms with Crippen LogP contribution in [0, 0.1) is 20.8 Å². The Labute approximate surface area is 197 Å². The smallest absolute Gasteiger partial charge is 0.231 e. The molecule has 2 aromatic rings. The fraction of sp³-hybridized carbons (Fsp3) is 0.607. The van der Waals surface area contributed by atoms with Gasteiger partial charge in [-0.1, -0.05) is 53.9 Å². The fourth-order valence-corrected chi connectivity index (χ4v) is 10.9. The van der Waals surface area contributed by atoms with E-state index in [0.29, 0.717) is 11.1 Å². The van der Waals surface area contributed by atoms with Crippen molar-refractivity contribution in [1.82, 2.24) is 4.98 Å². The van der Waals surface area contributed by atoms with E-state index in [1.165, 1.54) is 53.3 Å². The number of benzene rings is 1. The molecule has 1 aliphatic rings. The Morgan fingerprint density at radius 2 is 1.62 bits per heavy atom. The lowest BCUT2D eigenvalue weighted by molar-refractivity contribution is 0.299. The minimum Gasteiger partial charge on any atom is -0.496 e. The lowest BCUT2D eigenvalue weighted by Gasteiger charge is -2.36. The Balaban J connectivity index is 2.21. The molecule has 0 spiro atoms. The van der Waals surface area contributed by atoms with Gasteiger partial charge in [-0.05, 0) is 84.3 Å². The average Bonchev–Trinajstić information content (AvgIpc) is 3.15. The van der Waals surface area contributed by atoms with E-state index < -0.39 is 8.32 Å². The summed E-state index contributed by atoms with van der Waals surface area (Å²) in [6, 6.07) is 4.47. The summed E-state index contributed by atoms with van der Waals surface area (Å²) in [5.74, 6) is 0.974. The van der Waals surface area contributed by atoms with Crippen molar-refractivity contribution >= 4 is 13.5 Å². The standard InChI is InChI=1S/C28H43NO2Si/c1-10-11-12-13-14-25-28-24(17-31-32(28,18(2)3)19(4)5)22(8)26(29-25)23-15-20(6)27(30-9)21(7)16-23/h15-16,18-19H,10-14,17H2,1-9H3. The van der Waals surface area contributed by atoms with Gasteiger partial charge in [0.05, 0.1) is 19.4 Å². The molecule has 0 saturated heterocycles. The molecule has 0 radical (unpaired) electrons. The van der Waals surface area contributed by atoms with Crippen molar-refractivity contribution in [3.8, 4) is 17.0 Å². The van der Waals surface area contributed by atoms with E-state index in [-0.39, 0.29) is 0 Å². The predicted octanol–water partition coefficient (Wildman–Crippen LogP) is 7.31. The number of rotatable bonds is 9. The van der Waals surface area contributed by atoms with Gasteiger partial charge < -0.3 is 9.16 Å². The third kappa shape index (κ3) is 4.28. The lowest BCUT2D eigenvalue weighted by Crippen LogP contribution is -2.54. The first kappa shape index (κ1) is 25.0. The molecule has 0 unspecified atom stereocenters. The summed E-state index contributed by atoms with van der Waals surface area (Å²) in [6.07, 6.45) is 6.09. The van der Waals surface area contributed by atoms with E-state index in [2.05, 4.69) is 67.5 Å². The minimum absolute atomic E-state index is 0.538. The molecule has 1 aromatic carbocycles. The molecule has 176 valence electrons. The summed E-state index contributed by atoms with van der Waals surface area (Å²) in [7, 11) is -0.343. The topological polar surface area (TPSA) is 31.4 Å². The molecule has 32 heavy (non-hydrogen) atoms. The third-order valence-electron chi connectivity index (χ3n) is 7.41. The maximum atomic E-state index is 6.84. The van der Waals surface area contributed by atoms with E-state index >= 15 is 0 Å². The van der Waals surface area contributed by atoms with Crippen LogP contribution in [0.25, 0.3) is 11.3 Å². The van der Waals surface area contributed by atoms with Crippen LogP contribution in [0.3, 0.4) is 0 Å². The quantitative estimate of drug-likeness (QED) is 0.295. The molecule has 0 aliphatic carbocycles. The number of fused-ring (bicyclic) bond motifs is 1. The Kier molecular flexibility index (Phi) is 7.88. The maximum Gasteiger partial charge on any atom is 0.231 e. The van der Waals surface area contributed by atoms with Crippen molar-refractivity contribution in [1.29, 1.82) is 0 Å². The van der Waals surface area contributed by atoms with Gasteiger partial charge in [0.2, 0.25) is 8.32 Å². The Morgan fingerprint density at radius 1 is 1.00 bits per heavy atom. The van der Waals surface area contributed by atoms with E-state index in [0.717, 1.165) is 35.6 Å². The van der Waals surface area contributed by atoms with Crippen LogP contribution in [-0.2, 0) is 17.5 Å². The number of aromatic nitrogens is 1. The first-order valence-electron chi connectivity index (χ1n) is 12.5. The molecule has 3 rings (SSSR count). The summed E-state index contributed by atoms with van der Waals surface area (Å²) in [5, 5.41) is 1.53. The largest absolute Gasteiger partial charge is 0.496 e. The average molecular weight is 454 g/mol. The van der Waals surface area contributed by atoms with Gasteiger partial charge in [-0.3, -0.25) is 4.98 Å². The maximum absolute atomic E-state index is 6.84. The zero-order chi connectivity index (χ0) is 23.6. The number of hydrogen-bond acceptors (Lipinski definition) is 3. The number of hydrogen-bond donors (Lipinski definition) is 0. The first-order chi connectivity index (χ1) is 15.2. The van der Waals surface area contributed by atoms with Crippen LogP contribution in [0.15, 0.2) is 12.1 Å². The third-order valence-corrected chi connectivity index (χ3v) is 12.8. The summed E-state index contributed by atoms with van der Waals surface area (Å²) in [5.41, 5.74) is 9.78. The van der Waals surface area contributed by atoms with E-state index in [1.54, 1.807) is 7.11 Å². The van der Waals surface area contributed by atoms with Gasteiger partial charge in [-0.15, -0.1) is 0 Å². The fourth-order valence-electron chi connectivity index (χ4n) is 5.85. The molecule has 0 atom stereocenters. The van der Waals surface area contributed by atoms with Crippen LogP contribution in [0.4, 0.5) is 0 Å². The molecule has 0 bridgehead atoms. The number of unbranched alkanes of at least 4 members (excludes halogenated alkanes) is 3. The molecule has 1 aliphatic heterocycles. The second-order valence-electron chi connectivity index (χ2n) is 10.2. The van der Waals surface area contributed by atoms with Crippen molar-refractivity contribution in [2.24, 2.45) is 0 Å². The van der Waals surface area contributed by atoms with Crippen LogP contribution >= 0.6 is 0 Å². The first-order valence-corrected chi connectivity index (χ1v) is 14.6. The van der Waals surface area contributed by atoms with Gasteiger partial charge >= 0.3 is 0 Å². The molecule has 0 amide bonds. The number of pyridine rings is 1. The second-order valence-corrected chi connectivity index (χ2v) is 14.9. The van der Waals surface area contributed by atoms with Gasteiger partial charge in [-0.25, -0.2) is 0 Å². The number of ether oxygens (including phenoxy) is 1. The summed E-state index contributed by atoms with van der Waals surface area (Å²) < 4.78 is 12.5. The molecule has 2 heterocycles. The molecule has 3 nitrogen and oxygen atoms in total. The molecule has 0 fully saturated rings. The van der Waals surface area contributed by atoms with Gasteiger partial charge in [0, 0.05) is 11.3 Å². The van der Waals surface area contributed by atoms with Crippen molar-refractivity contribution in [2.45, 2.75) is 105 Å². The zero-order valence-electron chi connectivity index (χ0n) is 21.8. The van der Waals surface area contributed by atoms with E-state index in [9.17, 15) is 0 Å².